The van der Waals surface area contributed by atoms with Gasteiger partial charge in [0.2, 0.25) is 0 Å². The van der Waals surface area contributed by atoms with Crippen molar-refractivity contribution in [1.82, 2.24) is 0 Å². The number of aliphatic hydroxyl groups excluding tert-OH is 7. The molecule has 178 valence electrons. The normalized spacial score (nSPS) is 41.1. The summed E-state index contributed by atoms with van der Waals surface area (Å²) in [4.78, 5) is 0. The van der Waals surface area contributed by atoms with Crippen LogP contribution in [0.4, 0.5) is 0 Å². The lowest BCUT2D eigenvalue weighted by atomic mass is 9.87. The number of rotatable bonds is 7. The zero-order valence-electron chi connectivity index (χ0n) is 17.2. The van der Waals surface area contributed by atoms with Crippen molar-refractivity contribution in [2.24, 2.45) is 0 Å². The Morgan fingerprint density at radius 2 is 1.41 bits per heavy atom. The summed E-state index contributed by atoms with van der Waals surface area (Å²) in [6, 6.07) is 11.0. The third-order valence-corrected chi connectivity index (χ3v) is 5.91. The molecule has 2 heterocycles. The smallest absolute Gasteiger partial charge is 0.186 e. The molecule has 3 rings (SSSR count). The van der Waals surface area contributed by atoms with E-state index in [9.17, 15) is 41.0 Å². The van der Waals surface area contributed by atoms with Gasteiger partial charge in [-0.25, -0.2) is 0 Å². The first-order valence-corrected chi connectivity index (χ1v) is 10.3. The fourth-order valence-electron chi connectivity index (χ4n) is 3.94. The molecule has 0 aromatic heterocycles. The van der Waals surface area contributed by atoms with Crippen LogP contribution in [0.25, 0.3) is 0 Å². The highest BCUT2D eigenvalue weighted by Crippen LogP contribution is 2.30. The van der Waals surface area contributed by atoms with Crippen LogP contribution >= 0.6 is 0 Å². The number of nitriles is 1. The summed E-state index contributed by atoms with van der Waals surface area (Å²) in [6.07, 6.45) is -14.1. The number of hydrogen-bond acceptors (Lipinski definition) is 11. The second-order valence-corrected chi connectivity index (χ2v) is 8.04. The maximum Gasteiger partial charge on any atom is 0.186 e. The number of hydrogen-bond donors (Lipinski definition) is 7. The molecule has 2 aliphatic heterocycles. The third kappa shape index (κ3) is 5.27. The highest BCUT2D eigenvalue weighted by Gasteiger charge is 2.47. The minimum Gasteiger partial charge on any atom is -0.394 e. The first kappa shape index (κ1) is 24.9. The van der Waals surface area contributed by atoms with Crippen LogP contribution in [0.2, 0.25) is 0 Å². The lowest BCUT2D eigenvalue weighted by Crippen LogP contribution is -2.61. The summed E-state index contributed by atoms with van der Waals surface area (Å²) in [5.41, 5.74) is 0.709. The first-order valence-electron chi connectivity index (χ1n) is 10.3. The van der Waals surface area contributed by atoms with Gasteiger partial charge in [-0.05, 0) is 12.0 Å². The van der Waals surface area contributed by atoms with E-state index in [2.05, 4.69) is 6.07 Å². The Morgan fingerprint density at radius 3 is 2.03 bits per heavy atom. The molecule has 2 fully saturated rings. The van der Waals surface area contributed by atoms with Gasteiger partial charge in [0, 0.05) is 0 Å². The fraction of sp³-hybridized carbons (Fsp3) is 0.667. The molecule has 0 saturated carbocycles. The average molecular weight is 455 g/mol. The van der Waals surface area contributed by atoms with Crippen LogP contribution in [0.3, 0.4) is 0 Å². The Bertz CT molecular complexity index is 759. The summed E-state index contributed by atoms with van der Waals surface area (Å²) in [5, 5.41) is 79.5. The molecular weight excluding hydrogens is 426 g/mol. The lowest BCUT2D eigenvalue weighted by Gasteiger charge is -2.43. The molecule has 0 radical (unpaired) electrons. The number of aliphatic hydroxyl groups is 7. The second-order valence-electron chi connectivity index (χ2n) is 8.04. The summed E-state index contributed by atoms with van der Waals surface area (Å²) >= 11 is 0. The summed E-state index contributed by atoms with van der Waals surface area (Å²) in [5.74, 6) is -0.634. The highest BCUT2D eigenvalue weighted by molar-refractivity contribution is 5.25. The van der Waals surface area contributed by atoms with Gasteiger partial charge in [-0.2, -0.15) is 5.26 Å². The van der Waals surface area contributed by atoms with E-state index >= 15 is 0 Å². The van der Waals surface area contributed by atoms with E-state index in [1.807, 2.05) is 0 Å². The summed E-state index contributed by atoms with van der Waals surface area (Å²) in [7, 11) is 0. The lowest BCUT2D eigenvalue weighted by molar-refractivity contribution is -0.314. The zero-order chi connectivity index (χ0) is 23.4. The number of nitrogens with zero attached hydrogens (tertiary/aromatic N) is 1. The van der Waals surface area contributed by atoms with Crippen LogP contribution in [0.5, 0.6) is 0 Å². The van der Waals surface area contributed by atoms with Crippen LogP contribution in [0.15, 0.2) is 30.3 Å². The highest BCUT2D eigenvalue weighted by atomic mass is 16.7. The summed E-state index contributed by atoms with van der Waals surface area (Å²) in [6.45, 7) is -1.04. The summed E-state index contributed by atoms with van der Waals surface area (Å²) < 4.78 is 16.4. The Morgan fingerprint density at radius 1 is 0.812 bits per heavy atom. The van der Waals surface area contributed by atoms with Crippen molar-refractivity contribution in [3.63, 3.8) is 0 Å². The maximum atomic E-state index is 10.4. The van der Waals surface area contributed by atoms with Crippen molar-refractivity contribution in [3.05, 3.63) is 35.9 Å². The van der Waals surface area contributed by atoms with Gasteiger partial charge >= 0.3 is 0 Å². The Kier molecular flexibility index (Phi) is 8.54. The standard InChI is InChI=1S/C21H29NO10/c22-7-11(10-4-2-1-3-5-10)6-12-15(24)18(27)17(26)14(31-12)9-30-21-20(29)19(28)16(25)13(8-23)32-21/h1-5,11-21,23-29H,6,8-9H2/t11-,12+,13+,14+,15+,16-,17-,18+,19-,20-,21-/m1/s1. The molecule has 11 atom stereocenters. The molecule has 0 unspecified atom stereocenters. The quantitative estimate of drug-likeness (QED) is 0.227. The van der Waals surface area contributed by atoms with E-state index < -0.39 is 80.4 Å². The minimum absolute atomic E-state index is 0.0437. The Balaban J connectivity index is 1.65. The predicted octanol–water partition coefficient (Wildman–Crippen LogP) is -2.65. The van der Waals surface area contributed by atoms with Gasteiger partial charge in [-0.3, -0.25) is 0 Å². The van der Waals surface area contributed by atoms with Crippen LogP contribution in [-0.2, 0) is 14.2 Å². The third-order valence-electron chi connectivity index (χ3n) is 5.91. The Hall–Kier alpha value is -1.69. The van der Waals surface area contributed by atoms with Crippen LogP contribution in [-0.4, -0.2) is 110 Å². The molecular formula is C21H29NO10. The van der Waals surface area contributed by atoms with Gasteiger partial charge in [-0.15, -0.1) is 0 Å². The molecule has 1 aromatic carbocycles. The maximum absolute atomic E-state index is 10.4. The van der Waals surface area contributed by atoms with Gasteiger partial charge in [0.05, 0.1) is 31.3 Å². The van der Waals surface area contributed by atoms with E-state index in [-0.39, 0.29) is 6.42 Å². The number of benzene rings is 1. The van der Waals surface area contributed by atoms with Gasteiger partial charge in [0.15, 0.2) is 6.29 Å². The molecule has 0 aliphatic carbocycles. The molecule has 2 saturated heterocycles. The molecule has 11 nitrogen and oxygen atoms in total. The topological polar surface area (TPSA) is 193 Å². The molecule has 0 spiro atoms. The monoisotopic (exact) mass is 455 g/mol. The second kappa shape index (κ2) is 11.0. The SMILES string of the molecule is N#C[C@@H](C[C@@H]1O[C@@H](CO[C@@H]2O[C@@H](CO)[C@@H](O)[C@@H](O)[C@H]2O)[C@@H](O)[C@@H](O)[C@H]1O)c1ccccc1. The molecule has 1 aromatic rings. The van der Waals surface area contributed by atoms with Crippen molar-refractivity contribution in [1.29, 1.82) is 5.26 Å². The van der Waals surface area contributed by atoms with Gasteiger partial charge in [0.1, 0.15) is 48.8 Å². The predicted molar refractivity (Wildman–Crippen MR) is 106 cm³/mol. The van der Waals surface area contributed by atoms with Crippen molar-refractivity contribution >= 4 is 0 Å². The molecule has 0 bridgehead atoms. The van der Waals surface area contributed by atoms with Crippen LogP contribution in [0, 0.1) is 11.3 Å². The minimum atomic E-state index is -1.64. The van der Waals surface area contributed by atoms with Crippen molar-refractivity contribution < 1.29 is 50.0 Å². The Labute approximate surface area is 184 Å². The van der Waals surface area contributed by atoms with Crippen molar-refractivity contribution in [3.8, 4) is 6.07 Å². The van der Waals surface area contributed by atoms with Gasteiger partial charge in [-0.1, -0.05) is 30.3 Å². The van der Waals surface area contributed by atoms with Crippen LogP contribution in [0.1, 0.15) is 17.9 Å². The van der Waals surface area contributed by atoms with Gasteiger partial charge in [0.25, 0.3) is 0 Å². The van der Waals surface area contributed by atoms with Crippen LogP contribution < -0.4 is 0 Å². The van der Waals surface area contributed by atoms with E-state index in [4.69, 9.17) is 14.2 Å². The molecule has 2 aliphatic rings. The zero-order valence-corrected chi connectivity index (χ0v) is 17.2. The average Bonchev–Trinajstić information content (AvgIpc) is 2.81. The van der Waals surface area contributed by atoms with E-state index in [0.29, 0.717) is 5.56 Å². The van der Waals surface area contributed by atoms with E-state index in [1.54, 1.807) is 30.3 Å². The van der Waals surface area contributed by atoms with E-state index in [0.717, 1.165) is 0 Å². The molecule has 0 amide bonds. The fourth-order valence-corrected chi connectivity index (χ4v) is 3.94. The van der Waals surface area contributed by atoms with Crippen molar-refractivity contribution in [2.45, 2.75) is 73.6 Å². The van der Waals surface area contributed by atoms with Crippen molar-refractivity contribution in [2.75, 3.05) is 13.2 Å². The first-order chi connectivity index (χ1) is 15.3. The molecule has 32 heavy (non-hydrogen) atoms. The molecule has 7 N–H and O–H groups in total. The molecule has 11 heteroatoms. The van der Waals surface area contributed by atoms with Gasteiger partial charge < -0.3 is 50.0 Å². The van der Waals surface area contributed by atoms with E-state index in [1.165, 1.54) is 0 Å². The largest absolute Gasteiger partial charge is 0.394 e. The number of ether oxygens (including phenoxy) is 3.